The maximum Gasteiger partial charge on any atom is 0.310 e. The molecule has 0 saturated heterocycles. The number of benzene rings is 2. The minimum Gasteiger partial charge on any atom is -0.493 e. The van der Waals surface area contributed by atoms with Crippen molar-refractivity contribution in [3.05, 3.63) is 53.6 Å². The first-order valence-corrected chi connectivity index (χ1v) is 9.12. The fourth-order valence-electron chi connectivity index (χ4n) is 3.26. The first-order chi connectivity index (χ1) is 14.0. The highest BCUT2D eigenvalue weighted by Crippen LogP contribution is 2.34. The Labute approximate surface area is 168 Å². The molecule has 1 aliphatic heterocycles. The molecule has 8 heteroatoms. The van der Waals surface area contributed by atoms with Crippen LogP contribution in [0.15, 0.2) is 42.5 Å². The second-order valence-electron chi connectivity index (χ2n) is 6.56. The van der Waals surface area contributed by atoms with Gasteiger partial charge in [0.05, 0.1) is 14.2 Å². The predicted octanol–water partition coefficient (Wildman–Crippen LogP) is 1.20. The number of anilines is 1. The topological polar surface area (TPSA) is 97.0 Å². The second kappa shape index (κ2) is 8.64. The summed E-state index contributed by atoms with van der Waals surface area (Å²) in [6.07, 6.45) is 0.507. The van der Waals surface area contributed by atoms with Crippen LogP contribution in [0.2, 0.25) is 0 Å². The number of para-hydroxylation sites is 1. The summed E-state index contributed by atoms with van der Waals surface area (Å²) in [4.78, 5) is 38.3. The highest BCUT2D eigenvalue weighted by atomic mass is 16.5. The van der Waals surface area contributed by atoms with Crippen LogP contribution < -0.4 is 25.0 Å². The third-order valence-electron chi connectivity index (χ3n) is 4.82. The molecule has 1 aliphatic rings. The highest BCUT2D eigenvalue weighted by Gasteiger charge is 2.36. The molecule has 1 heterocycles. The molecule has 0 aromatic heterocycles. The van der Waals surface area contributed by atoms with Gasteiger partial charge in [-0.3, -0.25) is 14.4 Å². The van der Waals surface area contributed by atoms with E-state index in [1.807, 2.05) is 18.2 Å². The van der Waals surface area contributed by atoms with E-state index in [1.165, 1.54) is 4.90 Å². The molecule has 152 valence electrons. The number of fused-ring (bicyclic) bond motifs is 1. The lowest BCUT2D eigenvalue weighted by atomic mass is 10.1. The van der Waals surface area contributed by atoms with E-state index < -0.39 is 17.9 Å². The predicted molar refractivity (Wildman–Crippen MR) is 107 cm³/mol. The van der Waals surface area contributed by atoms with Gasteiger partial charge in [-0.2, -0.15) is 0 Å². The van der Waals surface area contributed by atoms with Crippen molar-refractivity contribution in [3.8, 4) is 11.5 Å². The SMILES string of the molecule is COc1ccc(CCNC(=O)C(=O)N[C@@H]2C(=O)N(C)c3ccccc32)cc1OC. The number of ether oxygens (including phenoxy) is 2. The summed E-state index contributed by atoms with van der Waals surface area (Å²) >= 11 is 0. The Balaban J connectivity index is 1.55. The average molecular weight is 397 g/mol. The average Bonchev–Trinajstić information content (AvgIpc) is 2.98. The fourth-order valence-corrected chi connectivity index (χ4v) is 3.26. The van der Waals surface area contributed by atoms with Crippen molar-refractivity contribution < 1.29 is 23.9 Å². The molecule has 0 saturated carbocycles. The summed E-state index contributed by atoms with van der Waals surface area (Å²) in [6, 6.07) is 11.7. The van der Waals surface area contributed by atoms with Crippen LogP contribution in [0.25, 0.3) is 0 Å². The Morgan fingerprint density at radius 1 is 1.03 bits per heavy atom. The molecule has 0 radical (unpaired) electrons. The van der Waals surface area contributed by atoms with Crippen molar-refractivity contribution in [2.75, 3.05) is 32.7 Å². The molecule has 3 rings (SSSR count). The maximum absolute atomic E-state index is 12.4. The van der Waals surface area contributed by atoms with Gasteiger partial charge in [0.2, 0.25) is 0 Å². The van der Waals surface area contributed by atoms with Crippen molar-refractivity contribution >= 4 is 23.4 Å². The van der Waals surface area contributed by atoms with Crippen LogP contribution in [0.3, 0.4) is 0 Å². The van der Waals surface area contributed by atoms with Gasteiger partial charge in [-0.05, 0) is 30.2 Å². The standard InChI is InChI=1S/C21H23N3O5/c1-24-15-7-5-4-6-14(15)18(21(24)27)23-20(26)19(25)22-11-10-13-8-9-16(28-2)17(12-13)29-3/h4-9,12,18H,10-11H2,1-3H3,(H,22,25)(H,23,26)/t18-/m0/s1. The van der Waals surface area contributed by atoms with Gasteiger partial charge >= 0.3 is 11.8 Å². The smallest absolute Gasteiger partial charge is 0.310 e. The molecular formula is C21H23N3O5. The number of nitrogens with zero attached hydrogens (tertiary/aromatic N) is 1. The Morgan fingerprint density at radius 2 is 1.76 bits per heavy atom. The van der Waals surface area contributed by atoms with Gasteiger partial charge in [-0.25, -0.2) is 0 Å². The molecule has 1 atom stereocenters. The normalized spacial score (nSPS) is 14.9. The molecule has 8 nitrogen and oxygen atoms in total. The van der Waals surface area contributed by atoms with Gasteiger partial charge in [0.1, 0.15) is 6.04 Å². The van der Waals surface area contributed by atoms with Gasteiger partial charge in [-0.1, -0.05) is 24.3 Å². The van der Waals surface area contributed by atoms with Crippen molar-refractivity contribution in [2.24, 2.45) is 0 Å². The lowest BCUT2D eigenvalue weighted by molar-refractivity contribution is -0.140. The fraction of sp³-hybridized carbons (Fsp3) is 0.286. The van der Waals surface area contributed by atoms with E-state index >= 15 is 0 Å². The summed E-state index contributed by atoms with van der Waals surface area (Å²) in [7, 11) is 4.74. The summed E-state index contributed by atoms with van der Waals surface area (Å²) in [6.45, 7) is 0.261. The van der Waals surface area contributed by atoms with Crippen LogP contribution in [0.5, 0.6) is 11.5 Å². The Hall–Kier alpha value is -3.55. The van der Waals surface area contributed by atoms with Crippen LogP contribution in [0.1, 0.15) is 17.2 Å². The number of amides is 3. The number of methoxy groups -OCH3 is 2. The zero-order chi connectivity index (χ0) is 21.0. The largest absolute Gasteiger partial charge is 0.493 e. The van der Waals surface area contributed by atoms with E-state index in [0.29, 0.717) is 23.5 Å². The third kappa shape index (κ3) is 4.16. The molecule has 2 aromatic rings. The van der Waals surface area contributed by atoms with Crippen LogP contribution in [0.4, 0.5) is 5.69 Å². The van der Waals surface area contributed by atoms with Gasteiger partial charge in [-0.15, -0.1) is 0 Å². The minimum atomic E-state index is -0.861. The van der Waals surface area contributed by atoms with Crippen molar-refractivity contribution in [3.63, 3.8) is 0 Å². The number of carbonyl (C=O) groups excluding carboxylic acids is 3. The number of hydrogen-bond donors (Lipinski definition) is 2. The maximum atomic E-state index is 12.4. The van der Waals surface area contributed by atoms with Crippen molar-refractivity contribution in [1.29, 1.82) is 0 Å². The highest BCUT2D eigenvalue weighted by molar-refractivity contribution is 6.35. The van der Waals surface area contributed by atoms with Gasteiger partial charge in [0.25, 0.3) is 5.91 Å². The number of likely N-dealkylation sites (N-methyl/N-ethyl adjacent to an activating group) is 1. The zero-order valence-electron chi connectivity index (χ0n) is 16.5. The quantitative estimate of drug-likeness (QED) is 0.714. The number of hydrogen-bond acceptors (Lipinski definition) is 5. The summed E-state index contributed by atoms with van der Waals surface area (Å²) in [5.74, 6) is -0.702. The lowest BCUT2D eigenvalue weighted by Gasteiger charge is -2.13. The molecule has 0 fully saturated rings. The molecule has 0 aliphatic carbocycles. The first kappa shape index (κ1) is 20.2. The first-order valence-electron chi connectivity index (χ1n) is 9.12. The van der Waals surface area contributed by atoms with E-state index in [9.17, 15) is 14.4 Å². The second-order valence-corrected chi connectivity index (χ2v) is 6.56. The monoisotopic (exact) mass is 397 g/mol. The Morgan fingerprint density at radius 3 is 2.48 bits per heavy atom. The van der Waals surface area contributed by atoms with E-state index in [4.69, 9.17) is 9.47 Å². The van der Waals surface area contributed by atoms with E-state index in [1.54, 1.807) is 45.5 Å². The summed E-state index contributed by atoms with van der Waals surface area (Å²) < 4.78 is 10.4. The van der Waals surface area contributed by atoms with Crippen LogP contribution in [-0.4, -0.2) is 45.5 Å². The molecule has 0 bridgehead atoms. The van der Waals surface area contributed by atoms with E-state index in [2.05, 4.69) is 10.6 Å². The molecule has 2 aromatic carbocycles. The number of nitrogens with one attached hydrogen (secondary N) is 2. The van der Waals surface area contributed by atoms with E-state index in [-0.39, 0.29) is 12.5 Å². The van der Waals surface area contributed by atoms with E-state index in [0.717, 1.165) is 11.3 Å². The molecule has 2 N–H and O–H groups in total. The third-order valence-corrected chi connectivity index (χ3v) is 4.82. The van der Waals surface area contributed by atoms with Crippen molar-refractivity contribution in [2.45, 2.75) is 12.5 Å². The van der Waals surface area contributed by atoms with Gasteiger partial charge in [0.15, 0.2) is 11.5 Å². The van der Waals surface area contributed by atoms with Gasteiger partial charge in [0, 0.05) is 24.8 Å². The van der Waals surface area contributed by atoms with Gasteiger partial charge < -0.3 is 25.0 Å². The molecule has 0 unspecified atom stereocenters. The summed E-state index contributed by atoms with van der Waals surface area (Å²) in [5.41, 5.74) is 2.31. The summed E-state index contributed by atoms with van der Waals surface area (Å²) in [5, 5.41) is 5.09. The zero-order valence-corrected chi connectivity index (χ0v) is 16.5. The Kier molecular flexibility index (Phi) is 6.01. The molecular weight excluding hydrogens is 374 g/mol. The lowest BCUT2D eigenvalue weighted by Crippen LogP contribution is -2.44. The van der Waals surface area contributed by atoms with Crippen LogP contribution in [0, 0.1) is 0 Å². The molecule has 3 amide bonds. The Bertz CT molecular complexity index is 944. The molecule has 0 spiro atoms. The number of carbonyl (C=O) groups is 3. The van der Waals surface area contributed by atoms with Crippen molar-refractivity contribution in [1.82, 2.24) is 10.6 Å². The van der Waals surface area contributed by atoms with Crippen LogP contribution >= 0.6 is 0 Å². The molecule has 29 heavy (non-hydrogen) atoms. The minimum absolute atomic E-state index is 0.261. The van der Waals surface area contributed by atoms with Crippen LogP contribution in [-0.2, 0) is 20.8 Å². The number of rotatable bonds is 6.